The van der Waals surface area contributed by atoms with E-state index in [9.17, 15) is 14.7 Å². The molecule has 148 valence electrons. The molecule has 1 aromatic rings. The van der Waals surface area contributed by atoms with Crippen LogP contribution in [0.2, 0.25) is 5.02 Å². The molecule has 2 fully saturated rings. The Bertz CT molecular complexity index is 719. The molecule has 1 N–H and O–H groups in total. The highest BCUT2D eigenvalue weighted by molar-refractivity contribution is 6.32. The minimum Gasteiger partial charge on any atom is -0.490 e. The van der Waals surface area contributed by atoms with Crippen molar-refractivity contribution in [3.63, 3.8) is 0 Å². The number of amides is 1. The van der Waals surface area contributed by atoms with Crippen LogP contribution in [0.15, 0.2) is 12.1 Å². The second-order valence-corrected chi connectivity index (χ2v) is 7.63. The fraction of sp³-hybridized carbons (Fsp3) is 0.600. The molecule has 1 aromatic carbocycles. The number of hydrogen-bond donors (Lipinski definition) is 1. The topological polar surface area (TPSA) is 76.1 Å². The molecule has 2 aliphatic rings. The number of nitrogens with zero attached hydrogens (tertiary/aromatic N) is 1. The smallest absolute Gasteiger partial charge is 0.308 e. The van der Waals surface area contributed by atoms with Crippen LogP contribution in [0, 0.1) is 17.8 Å². The van der Waals surface area contributed by atoms with Crippen molar-refractivity contribution in [2.75, 3.05) is 26.3 Å². The van der Waals surface area contributed by atoms with Crippen molar-refractivity contribution in [2.45, 2.75) is 33.1 Å². The molecule has 0 aromatic heterocycles. The summed E-state index contributed by atoms with van der Waals surface area (Å²) in [5.74, 6) is -0.174. The highest BCUT2D eigenvalue weighted by atomic mass is 35.5. The van der Waals surface area contributed by atoms with Gasteiger partial charge in [0.2, 0.25) is 0 Å². The van der Waals surface area contributed by atoms with Crippen molar-refractivity contribution < 1.29 is 24.2 Å². The van der Waals surface area contributed by atoms with Crippen LogP contribution < -0.4 is 9.47 Å². The molecule has 2 atom stereocenters. The lowest BCUT2D eigenvalue weighted by molar-refractivity contribution is -0.142. The zero-order chi connectivity index (χ0) is 19.6. The summed E-state index contributed by atoms with van der Waals surface area (Å²) in [5, 5.41) is 9.84. The SMILES string of the molecule is CCCOc1c(Cl)cc(C(=O)N2C[C@H](C(=O)O)[C@@H](C3CC3)C2)cc1OCC. The molecule has 1 amide bonds. The molecular formula is C20H26ClNO5. The summed E-state index contributed by atoms with van der Waals surface area (Å²) >= 11 is 6.36. The van der Waals surface area contributed by atoms with Gasteiger partial charge >= 0.3 is 5.97 Å². The summed E-state index contributed by atoms with van der Waals surface area (Å²) in [4.78, 5) is 26.2. The van der Waals surface area contributed by atoms with E-state index >= 15 is 0 Å². The summed E-state index contributed by atoms with van der Waals surface area (Å²) in [5.41, 5.74) is 0.396. The molecule has 6 nitrogen and oxygen atoms in total. The lowest BCUT2D eigenvalue weighted by atomic mass is 9.92. The van der Waals surface area contributed by atoms with Crippen LogP contribution in [-0.4, -0.2) is 48.2 Å². The standard InChI is InChI=1S/C20H26ClNO5/c1-3-7-27-18-16(21)8-13(9-17(18)26-4-2)19(23)22-10-14(12-5-6-12)15(11-22)20(24)25/h8-9,12,14-15H,3-7,10-11H2,1-2H3,(H,24,25)/t14-,15+/m1/s1. The van der Waals surface area contributed by atoms with Gasteiger partial charge in [0.05, 0.1) is 24.2 Å². The van der Waals surface area contributed by atoms with Gasteiger partial charge in [0.25, 0.3) is 5.91 Å². The predicted octanol–water partition coefficient (Wildman–Crippen LogP) is 3.71. The first kappa shape index (κ1) is 19.8. The maximum Gasteiger partial charge on any atom is 0.308 e. The maximum absolute atomic E-state index is 13.0. The second-order valence-electron chi connectivity index (χ2n) is 7.22. The van der Waals surface area contributed by atoms with E-state index in [4.69, 9.17) is 21.1 Å². The lowest BCUT2D eigenvalue weighted by Crippen LogP contribution is -2.30. The van der Waals surface area contributed by atoms with Gasteiger partial charge in [-0.3, -0.25) is 9.59 Å². The van der Waals surface area contributed by atoms with Gasteiger partial charge in [-0.05, 0) is 50.2 Å². The number of halogens is 1. The van der Waals surface area contributed by atoms with E-state index in [0.717, 1.165) is 19.3 Å². The third-order valence-corrected chi connectivity index (χ3v) is 5.48. The minimum absolute atomic E-state index is 0.0421. The zero-order valence-corrected chi connectivity index (χ0v) is 16.5. The average molecular weight is 396 g/mol. The van der Waals surface area contributed by atoms with Gasteiger partial charge in [-0.1, -0.05) is 18.5 Å². The summed E-state index contributed by atoms with van der Waals surface area (Å²) in [7, 11) is 0. The number of carboxylic acids is 1. The van der Waals surface area contributed by atoms with Gasteiger partial charge in [0.1, 0.15) is 0 Å². The molecule has 7 heteroatoms. The Morgan fingerprint density at radius 2 is 1.96 bits per heavy atom. The van der Waals surface area contributed by atoms with Crippen LogP contribution in [0.4, 0.5) is 0 Å². The number of hydrogen-bond acceptors (Lipinski definition) is 4. The molecule has 1 saturated carbocycles. The summed E-state index contributed by atoms with van der Waals surface area (Å²) in [6.07, 6.45) is 2.94. The van der Waals surface area contributed by atoms with Gasteiger partial charge in [0.15, 0.2) is 11.5 Å². The Morgan fingerprint density at radius 1 is 1.22 bits per heavy atom. The monoisotopic (exact) mass is 395 g/mol. The first-order chi connectivity index (χ1) is 13.0. The quantitative estimate of drug-likeness (QED) is 0.726. The summed E-state index contributed by atoms with van der Waals surface area (Å²) in [6, 6.07) is 3.22. The van der Waals surface area contributed by atoms with Gasteiger partial charge in [-0.15, -0.1) is 0 Å². The molecule has 0 radical (unpaired) electrons. The van der Waals surface area contributed by atoms with Crippen LogP contribution in [-0.2, 0) is 4.79 Å². The van der Waals surface area contributed by atoms with Gasteiger partial charge in [0, 0.05) is 18.7 Å². The van der Waals surface area contributed by atoms with Crippen molar-refractivity contribution in [2.24, 2.45) is 17.8 Å². The summed E-state index contributed by atoms with van der Waals surface area (Å²) in [6.45, 7) is 5.49. The first-order valence-electron chi connectivity index (χ1n) is 9.57. The lowest BCUT2D eigenvalue weighted by Gasteiger charge is -2.19. The Labute approximate surface area is 164 Å². The Balaban J connectivity index is 1.82. The van der Waals surface area contributed by atoms with E-state index in [-0.39, 0.29) is 18.4 Å². The molecular weight excluding hydrogens is 370 g/mol. The molecule has 1 heterocycles. The van der Waals surface area contributed by atoms with E-state index in [1.807, 2.05) is 13.8 Å². The van der Waals surface area contributed by atoms with Crippen LogP contribution in [0.1, 0.15) is 43.5 Å². The van der Waals surface area contributed by atoms with Crippen molar-refractivity contribution in [1.82, 2.24) is 4.90 Å². The van der Waals surface area contributed by atoms with Crippen molar-refractivity contribution in [3.8, 4) is 11.5 Å². The van der Waals surface area contributed by atoms with Crippen molar-refractivity contribution in [1.29, 1.82) is 0 Å². The van der Waals surface area contributed by atoms with E-state index in [2.05, 4.69) is 0 Å². The fourth-order valence-electron chi connectivity index (χ4n) is 3.74. The van der Waals surface area contributed by atoms with Crippen LogP contribution in [0.25, 0.3) is 0 Å². The molecule has 1 aliphatic carbocycles. The van der Waals surface area contributed by atoms with Crippen molar-refractivity contribution >= 4 is 23.5 Å². The maximum atomic E-state index is 13.0. The molecule has 0 unspecified atom stereocenters. The Hall–Kier alpha value is -1.95. The van der Waals surface area contributed by atoms with Crippen LogP contribution >= 0.6 is 11.6 Å². The molecule has 27 heavy (non-hydrogen) atoms. The molecule has 0 spiro atoms. The van der Waals surface area contributed by atoms with Crippen molar-refractivity contribution in [3.05, 3.63) is 22.7 Å². The Morgan fingerprint density at radius 3 is 2.56 bits per heavy atom. The van der Waals surface area contributed by atoms with E-state index in [1.165, 1.54) is 0 Å². The molecule has 1 aliphatic heterocycles. The number of carbonyl (C=O) groups excluding carboxylic acids is 1. The number of ether oxygens (including phenoxy) is 2. The predicted molar refractivity (Wildman–Crippen MR) is 102 cm³/mol. The average Bonchev–Trinajstić information content (AvgIpc) is 3.38. The largest absolute Gasteiger partial charge is 0.490 e. The molecule has 1 saturated heterocycles. The second kappa shape index (κ2) is 8.38. The van der Waals surface area contributed by atoms with E-state index in [0.29, 0.717) is 47.8 Å². The highest BCUT2D eigenvalue weighted by Gasteiger charge is 2.47. The number of aliphatic carboxylic acids is 1. The normalized spacial score (nSPS) is 22.0. The zero-order valence-electron chi connectivity index (χ0n) is 15.7. The molecule has 3 rings (SSSR count). The minimum atomic E-state index is -0.821. The van der Waals surface area contributed by atoms with E-state index < -0.39 is 11.9 Å². The number of rotatable bonds is 8. The molecule has 0 bridgehead atoms. The number of benzene rings is 1. The van der Waals surface area contributed by atoms with Crippen LogP contribution in [0.3, 0.4) is 0 Å². The van der Waals surface area contributed by atoms with Gasteiger partial charge in [-0.25, -0.2) is 0 Å². The van der Waals surface area contributed by atoms with Crippen LogP contribution in [0.5, 0.6) is 11.5 Å². The van der Waals surface area contributed by atoms with Gasteiger partial charge < -0.3 is 19.5 Å². The van der Waals surface area contributed by atoms with E-state index in [1.54, 1.807) is 17.0 Å². The highest BCUT2D eigenvalue weighted by Crippen LogP contribution is 2.44. The number of likely N-dealkylation sites (tertiary alicyclic amines) is 1. The number of carbonyl (C=O) groups is 2. The summed E-state index contributed by atoms with van der Waals surface area (Å²) < 4.78 is 11.3. The number of carboxylic acid groups (broad SMARTS) is 1. The fourth-order valence-corrected chi connectivity index (χ4v) is 4.00. The first-order valence-corrected chi connectivity index (χ1v) is 9.95. The van der Waals surface area contributed by atoms with Gasteiger partial charge in [-0.2, -0.15) is 0 Å². The Kier molecular flexibility index (Phi) is 6.15. The third-order valence-electron chi connectivity index (χ3n) is 5.20. The third kappa shape index (κ3) is 4.32.